The summed E-state index contributed by atoms with van der Waals surface area (Å²) in [6.45, 7) is 3.15. The number of nitrogens with one attached hydrogen (secondary N) is 1. The Kier molecular flexibility index (Phi) is 5.50. The summed E-state index contributed by atoms with van der Waals surface area (Å²) < 4.78 is 0. The van der Waals surface area contributed by atoms with Gasteiger partial charge in [-0.05, 0) is 32.0 Å². The number of nitrogens with zero attached hydrogens (tertiary/aromatic N) is 2. The summed E-state index contributed by atoms with van der Waals surface area (Å²) in [5.41, 5.74) is 2.01. The maximum Gasteiger partial charge on any atom is 0.234 e. The topological polar surface area (TPSA) is 82.8 Å². The van der Waals surface area contributed by atoms with Crippen molar-refractivity contribution >= 4 is 29.1 Å². The Balaban J connectivity index is 2.08. The van der Waals surface area contributed by atoms with Crippen molar-refractivity contribution in [2.75, 3.05) is 11.1 Å². The second-order valence-electron chi connectivity index (χ2n) is 4.84. The van der Waals surface area contributed by atoms with Gasteiger partial charge >= 0.3 is 0 Å². The molecule has 1 aromatic carbocycles. The summed E-state index contributed by atoms with van der Waals surface area (Å²) in [5.74, 6) is -0.180. The molecule has 5 nitrogen and oxygen atoms in total. The summed E-state index contributed by atoms with van der Waals surface area (Å²) in [4.78, 5) is 27.7. The van der Waals surface area contributed by atoms with E-state index in [0.717, 1.165) is 5.69 Å². The predicted octanol–water partition coefficient (Wildman–Crippen LogP) is 3.20. The Bertz CT molecular complexity index is 782. The highest BCUT2D eigenvalue weighted by Crippen LogP contribution is 2.23. The number of ketones is 1. The van der Waals surface area contributed by atoms with E-state index in [1.54, 1.807) is 19.1 Å². The van der Waals surface area contributed by atoms with Crippen molar-refractivity contribution in [3.63, 3.8) is 0 Å². The molecule has 0 aliphatic heterocycles. The van der Waals surface area contributed by atoms with Crippen molar-refractivity contribution in [1.82, 2.24) is 4.98 Å². The van der Waals surface area contributed by atoms with Crippen molar-refractivity contribution in [3.05, 3.63) is 53.2 Å². The molecule has 0 atom stereocenters. The molecule has 0 spiro atoms. The first kappa shape index (κ1) is 16.7. The number of thioether (sulfide) groups is 1. The molecule has 1 amide bonds. The molecule has 0 radical (unpaired) electrons. The first-order valence-electron chi connectivity index (χ1n) is 6.91. The fourth-order valence-corrected chi connectivity index (χ4v) is 2.78. The Morgan fingerprint density at radius 3 is 2.61 bits per heavy atom. The zero-order chi connectivity index (χ0) is 16.8. The number of benzene rings is 1. The van der Waals surface area contributed by atoms with Gasteiger partial charge in [0.2, 0.25) is 5.91 Å². The summed E-state index contributed by atoms with van der Waals surface area (Å²) in [6.07, 6.45) is 0. The molecule has 0 fully saturated rings. The number of hydrogen-bond donors (Lipinski definition) is 1. The first-order valence-corrected chi connectivity index (χ1v) is 7.90. The highest BCUT2D eigenvalue weighted by atomic mass is 32.2. The van der Waals surface area contributed by atoms with Gasteiger partial charge in [0.1, 0.15) is 11.1 Å². The number of aryl methyl sites for hydroxylation is 1. The normalized spacial score (nSPS) is 9.96. The predicted molar refractivity (Wildman–Crippen MR) is 89.5 cm³/mol. The van der Waals surface area contributed by atoms with Crippen LogP contribution in [-0.2, 0) is 4.79 Å². The van der Waals surface area contributed by atoms with Gasteiger partial charge in [-0.25, -0.2) is 4.98 Å². The Hall–Kier alpha value is -2.65. The minimum absolute atomic E-state index is 0.134. The van der Waals surface area contributed by atoms with Gasteiger partial charge in [-0.1, -0.05) is 30.0 Å². The first-order chi connectivity index (χ1) is 11.0. The Labute approximate surface area is 138 Å². The average Bonchev–Trinajstić information content (AvgIpc) is 2.53. The number of Topliss-reactive ketones (excluding diaryl/α,β-unsaturated/α-hetero) is 1. The lowest BCUT2D eigenvalue weighted by Gasteiger charge is -2.08. The van der Waals surface area contributed by atoms with E-state index in [2.05, 4.69) is 10.3 Å². The van der Waals surface area contributed by atoms with Crippen LogP contribution < -0.4 is 5.32 Å². The highest BCUT2D eigenvalue weighted by molar-refractivity contribution is 8.00. The molecule has 23 heavy (non-hydrogen) atoms. The maximum absolute atomic E-state index is 11.9. The number of rotatable bonds is 5. The van der Waals surface area contributed by atoms with E-state index in [1.165, 1.54) is 24.8 Å². The van der Waals surface area contributed by atoms with Gasteiger partial charge in [0.15, 0.2) is 5.78 Å². The molecule has 116 valence electrons. The quantitative estimate of drug-likeness (QED) is 0.674. The van der Waals surface area contributed by atoms with E-state index in [1.807, 2.05) is 24.3 Å². The molecule has 0 aliphatic rings. The third-order valence-electron chi connectivity index (χ3n) is 3.08. The molecule has 0 saturated carbocycles. The van der Waals surface area contributed by atoms with E-state index in [-0.39, 0.29) is 17.4 Å². The van der Waals surface area contributed by atoms with Crippen LogP contribution in [0.1, 0.15) is 28.5 Å². The van der Waals surface area contributed by atoms with Gasteiger partial charge in [-0.2, -0.15) is 5.26 Å². The summed E-state index contributed by atoms with van der Waals surface area (Å²) >= 11 is 1.18. The number of carbonyl (C=O) groups is 2. The third kappa shape index (κ3) is 4.41. The number of amides is 1. The van der Waals surface area contributed by atoms with Crippen LogP contribution in [0.25, 0.3) is 0 Å². The molecular formula is C17H15N3O2S. The van der Waals surface area contributed by atoms with Crippen LogP contribution in [-0.4, -0.2) is 22.4 Å². The van der Waals surface area contributed by atoms with Crippen molar-refractivity contribution in [3.8, 4) is 6.07 Å². The molecule has 2 rings (SSSR count). The van der Waals surface area contributed by atoms with Crippen molar-refractivity contribution < 1.29 is 9.59 Å². The fourth-order valence-electron chi connectivity index (χ4n) is 1.98. The number of nitriles is 1. The molecule has 6 heteroatoms. The summed E-state index contributed by atoms with van der Waals surface area (Å²) in [7, 11) is 0. The van der Waals surface area contributed by atoms with E-state index in [0.29, 0.717) is 21.8 Å². The SMILES string of the molecule is CC(=O)c1cc(C#N)c(SCC(=O)Nc2ccccc2)nc1C. The van der Waals surface area contributed by atoms with Crippen LogP contribution in [0.2, 0.25) is 0 Å². The highest BCUT2D eigenvalue weighted by Gasteiger charge is 2.14. The number of pyridine rings is 1. The number of carbonyl (C=O) groups excluding carboxylic acids is 2. The van der Waals surface area contributed by atoms with E-state index >= 15 is 0 Å². The van der Waals surface area contributed by atoms with Crippen LogP contribution in [0.5, 0.6) is 0 Å². The molecule has 1 N–H and O–H groups in total. The van der Waals surface area contributed by atoms with Crippen molar-refractivity contribution in [1.29, 1.82) is 5.26 Å². The molecular weight excluding hydrogens is 310 g/mol. The smallest absolute Gasteiger partial charge is 0.234 e. The standard InChI is InChI=1S/C17H15N3O2S/c1-11-15(12(2)21)8-13(9-18)17(19-11)23-10-16(22)20-14-6-4-3-5-7-14/h3-8H,10H2,1-2H3,(H,20,22). The van der Waals surface area contributed by atoms with E-state index in [4.69, 9.17) is 0 Å². The van der Waals surface area contributed by atoms with Gasteiger partial charge in [0, 0.05) is 16.9 Å². The number of para-hydroxylation sites is 1. The van der Waals surface area contributed by atoms with Gasteiger partial charge in [-0.15, -0.1) is 0 Å². The minimum atomic E-state index is -0.180. The molecule has 0 aliphatic carbocycles. The zero-order valence-corrected chi connectivity index (χ0v) is 13.6. The Morgan fingerprint density at radius 1 is 1.30 bits per heavy atom. The molecule has 2 aromatic rings. The number of hydrogen-bond acceptors (Lipinski definition) is 5. The van der Waals surface area contributed by atoms with Gasteiger partial charge in [-0.3, -0.25) is 9.59 Å². The van der Waals surface area contributed by atoms with Crippen molar-refractivity contribution in [2.45, 2.75) is 18.9 Å². The fraction of sp³-hybridized carbons (Fsp3) is 0.176. The van der Waals surface area contributed by atoms with E-state index < -0.39 is 0 Å². The van der Waals surface area contributed by atoms with Crippen LogP contribution in [0, 0.1) is 18.3 Å². The Morgan fingerprint density at radius 2 is 2.00 bits per heavy atom. The molecule has 0 saturated heterocycles. The largest absolute Gasteiger partial charge is 0.325 e. The zero-order valence-electron chi connectivity index (χ0n) is 12.8. The molecule has 1 aromatic heterocycles. The monoisotopic (exact) mass is 325 g/mol. The van der Waals surface area contributed by atoms with Crippen LogP contribution in [0.3, 0.4) is 0 Å². The lowest BCUT2D eigenvalue weighted by Crippen LogP contribution is -2.14. The average molecular weight is 325 g/mol. The van der Waals surface area contributed by atoms with Crippen LogP contribution in [0.15, 0.2) is 41.4 Å². The van der Waals surface area contributed by atoms with Crippen molar-refractivity contribution in [2.24, 2.45) is 0 Å². The van der Waals surface area contributed by atoms with Crippen LogP contribution >= 0.6 is 11.8 Å². The lowest BCUT2D eigenvalue weighted by molar-refractivity contribution is -0.113. The molecule has 0 bridgehead atoms. The second kappa shape index (κ2) is 7.56. The maximum atomic E-state index is 11.9. The van der Waals surface area contributed by atoms with E-state index in [9.17, 15) is 14.9 Å². The van der Waals surface area contributed by atoms with Gasteiger partial charge in [0.05, 0.1) is 11.3 Å². The minimum Gasteiger partial charge on any atom is -0.325 e. The second-order valence-corrected chi connectivity index (χ2v) is 5.81. The van der Waals surface area contributed by atoms with Gasteiger partial charge in [0.25, 0.3) is 0 Å². The number of aromatic nitrogens is 1. The molecule has 0 unspecified atom stereocenters. The van der Waals surface area contributed by atoms with Crippen LogP contribution in [0.4, 0.5) is 5.69 Å². The lowest BCUT2D eigenvalue weighted by atomic mass is 10.1. The summed E-state index contributed by atoms with van der Waals surface area (Å²) in [5, 5.41) is 12.4. The molecule has 1 heterocycles. The number of anilines is 1. The third-order valence-corrected chi connectivity index (χ3v) is 4.07. The summed E-state index contributed by atoms with van der Waals surface area (Å²) in [6, 6.07) is 12.7. The van der Waals surface area contributed by atoms with Gasteiger partial charge < -0.3 is 5.32 Å².